The van der Waals surface area contributed by atoms with E-state index in [1.165, 1.54) is 0 Å². The Balaban J connectivity index is 2.56. The van der Waals surface area contributed by atoms with Crippen molar-refractivity contribution in [3.05, 3.63) is 17.8 Å². The number of anilines is 1. The lowest BCUT2D eigenvalue weighted by Gasteiger charge is -2.24. The molecular weight excluding hydrogens is 224 g/mol. The van der Waals surface area contributed by atoms with Crippen LogP contribution in [0, 0.1) is 5.92 Å². The van der Waals surface area contributed by atoms with E-state index in [4.69, 9.17) is 5.73 Å². The Morgan fingerprint density at radius 2 is 1.94 bits per heavy atom. The summed E-state index contributed by atoms with van der Waals surface area (Å²) in [7, 11) is 2.03. The SMILES string of the molecule is CC(C)Cc1ccc(N(C)CCC(C)(C)N)nn1. The smallest absolute Gasteiger partial charge is 0.150 e. The number of rotatable bonds is 6. The van der Waals surface area contributed by atoms with Gasteiger partial charge >= 0.3 is 0 Å². The van der Waals surface area contributed by atoms with Gasteiger partial charge < -0.3 is 10.6 Å². The van der Waals surface area contributed by atoms with Gasteiger partial charge in [0.2, 0.25) is 0 Å². The zero-order valence-electron chi connectivity index (χ0n) is 12.3. The molecule has 0 aliphatic carbocycles. The van der Waals surface area contributed by atoms with Gasteiger partial charge in [-0.1, -0.05) is 13.8 Å². The minimum Gasteiger partial charge on any atom is -0.358 e. The molecule has 1 rings (SSSR count). The summed E-state index contributed by atoms with van der Waals surface area (Å²) < 4.78 is 0. The number of hydrogen-bond donors (Lipinski definition) is 1. The van der Waals surface area contributed by atoms with Crippen LogP contribution in [0.15, 0.2) is 12.1 Å². The molecule has 0 saturated heterocycles. The number of nitrogens with zero attached hydrogens (tertiary/aromatic N) is 3. The van der Waals surface area contributed by atoms with Crippen molar-refractivity contribution in [2.45, 2.75) is 46.1 Å². The summed E-state index contributed by atoms with van der Waals surface area (Å²) in [5.41, 5.74) is 6.90. The molecule has 0 spiro atoms. The van der Waals surface area contributed by atoms with Crippen molar-refractivity contribution in [1.82, 2.24) is 10.2 Å². The first kappa shape index (κ1) is 14.9. The summed E-state index contributed by atoms with van der Waals surface area (Å²) >= 11 is 0. The van der Waals surface area contributed by atoms with Crippen LogP contribution in [-0.2, 0) is 6.42 Å². The molecule has 4 nitrogen and oxygen atoms in total. The van der Waals surface area contributed by atoms with Gasteiger partial charge in [0, 0.05) is 19.1 Å². The summed E-state index contributed by atoms with van der Waals surface area (Å²) in [6, 6.07) is 4.10. The zero-order chi connectivity index (χ0) is 13.8. The second kappa shape index (κ2) is 6.14. The van der Waals surface area contributed by atoms with E-state index >= 15 is 0 Å². The van der Waals surface area contributed by atoms with E-state index < -0.39 is 0 Å². The highest BCUT2D eigenvalue weighted by Gasteiger charge is 2.12. The summed E-state index contributed by atoms with van der Waals surface area (Å²) in [4.78, 5) is 2.10. The molecule has 1 heterocycles. The first-order valence-electron chi connectivity index (χ1n) is 6.60. The van der Waals surface area contributed by atoms with Crippen molar-refractivity contribution in [3.8, 4) is 0 Å². The Labute approximate surface area is 111 Å². The van der Waals surface area contributed by atoms with Crippen LogP contribution in [0.2, 0.25) is 0 Å². The van der Waals surface area contributed by atoms with E-state index in [9.17, 15) is 0 Å². The predicted molar refractivity (Wildman–Crippen MR) is 76.7 cm³/mol. The second-order valence-electron chi connectivity index (χ2n) is 6.14. The third kappa shape index (κ3) is 5.45. The highest BCUT2D eigenvalue weighted by Crippen LogP contribution is 2.12. The molecule has 1 aromatic rings. The molecule has 0 unspecified atom stereocenters. The Bertz CT molecular complexity index is 351. The molecule has 1 aromatic heterocycles. The van der Waals surface area contributed by atoms with Gasteiger partial charge in [-0.2, -0.15) is 5.10 Å². The first-order valence-corrected chi connectivity index (χ1v) is 6.60. The van der Waals surface area contributed by atoms with Gasteiger partial charge in [0.05, 0.1) is 5.69 Å². The molecular formula is C14H26N4. The third-order valence-electron chi connectivity index (χ3n) is 2.81. The summed E-state index contributed by atoms with van der Waals surface area (Å²) in [6.07, 6.45) is 1.91. The molecule has 0 bridgehead atoms. The van der Waals surface area contributed by atoms with E-state index in [0.29, 0.717) is 5.92 Å². The van der Waals surface area contributed by atoms with Crippen LogP contribution in [0.25, 0.3) is 0 Å². The van der Waals surface area contributed by atoms with Crippen LogP contribution in [0.3, 0.4) is 0 Å². The van der Waals surface area contributed by atoms with Crippen molar-refractivity contribution in [2.24, 2.45) is 11.7 Å². The Morgan fingerprint density at radius 3 is 2.39 bits per heavy atom. The second-order valence-corrected chi connectivity index (χ2v) is 6.14. The highest BCUT2D eigenvalue weighted by atomic mass is 15.2. The van der Waals surface area contributed by atoms with Gasteiger partial charge in [-0.25, -0.2) is 0 Å². The van der Waals surface area contributed by atoms with Crippen LogP contribution >= 0.6 is 0 Å². The summed E-state index contributed by atoms with van der Waals surface area (Å²) in [5, 5.41) is 8.53. The van der Waals surface area contributed by atoms with Crippen LogP contribution in [0.5, 0.6) is 0 Å². The zero-order valence-corrected chi connectivity index (χ0v) is 12.3. The summed E-state index contributed by atoms with van der Waals surface area (Å²) in [6.45, 7) is 9.34. The van der Waals surface area contributed by atoms with Gasteiger partial charge in [0.1, 0.15) is 0 Å². The quantitative estimate of drug-likeness (QED) is 0.841. The van der Waals surface area contributed by atoms with Crippen molar-refractivity contribution < 1.29 is 0 Å². The Morgan fingerprint density at radius 1 is 1.28 bits per heavy atom. The fourth-order valence-electron chi connectivity index (χ4n) is 1.65. The maximum atomic E-state index is 5.98. The number of hydrogen-bond acceptors (Lipinski definition) is 4. The number of aromatic nitrogens is 2. The molecule has 0 fully saturated rings. The van der Waals surface area contributed by atoms with Crippen molar-refractivity contribution in [1.29, 1.82) is 0 Å². The first-order chi connectivity index (χ1) is 8.28. The number of nitrogens with two attached hydrogens (primary N) is 1. The average Bonchev–Trinajstić information content (AvgIpc) is 2.25. The third-order valence-corrected chi connectivity index (χ3v) is 2.81. The minimum atomic E-state index is -0.140. The van der Waals surface area contributed by atoms with Crippen molar-refractivity contribution >= 4 is 5.82 Å². The van der Waals surface area contributed by atoms with Crippen molar-refractivity contribution in [3.63, 3.8) is 0 Å². The molecule has 18 heavy (non-hydrogen) atoms. The topological polar surface area (TPSA) is 55.0 Å². The van der Waals surface area contributed by atoms with E-state index in [2.05, 4.69) is 35.0 Å². The fraction of sp³-hybridized carbons (Fsp3) is 0.714. The summed E-state index contributed by atoms with van der Waals surface area (Å²) in [5.74, 6) is 1.52. The van der Waals surface area contributed by atoms with Crippen LogP contribution in [-0.4, -0.2) is 29.3 Å². The van der Waals surface area contributed by atoms with E-state index in [1.807, 2.05) is 27.0 Å². The Kier molecular flexibility index (Phi) is 5.08. The molecule has 0 saturated carbocycles. The van der Waals surface area contributed by atoms with Gasteiger partial charge in [0.25, 0.3) is 0 Å². The average molecular weight is 250 g/mol. The molecule has 2 N–H and O–H groups in total. The largest absolute Gasteiger partial charge is 0.358 e. The molecule has 102 valence electrons. The predicted octanol–water partition coefficient (Wildman–Crippen LogP) is 2.24. The lowest BCUT2D eigenvalue weighted by atomic mass is 10.0. The van der Waals surface area contributed by atoms with Crippen LogP contribution < -0.4 is 10.6 Å². The maximum Gasteiger partial charge on any atom is 0.150 e. The van der Waals surface area contributed by atoms with Crippen molar-refractivity contribution in [2.75, 3.05) is 18.5 Å². The van der Waals surface area contributed by atoms with Crippen LogP contribution in [0.4, 0.5) is 5.82 Å². The van der Waals surface area contributed by atoms with Crippen LogP contribution in [0.1, 0.15) is 39.8 Å². The van der Waals surface area contributed by atoms with E-state index in [1.54, 1.807) is 0 Å². The molecule has 0 aliphatic rings. The normalized spacial score (nSPS) is 11.9. The monoisotopic (exact) mass is 250 g/mol. The molecule has 0 atom stereocenters. The Hall–Kier alpha value is -1.16. The molecule has 0 amide bonds. The lowest BCUT2D eigenvalue weighted by molar-refractivity contribution is 0.478. The van der Waals surface area contributed by atoms with Gasteiger partial charge in [-0.05, 0) is 44.7 Å². The molecule has 0 aliphatic heterocycles. The fourth-order valence-corrected chi connectivity index (χ4v) is 1.65. The van der Waals surface area contributed by atoms with E-state index in [-0.39, 0.29) is 5.54 Å². The molecule has 0 radical (unpaired) electrons. The van der Waals surface area contributed by atoms with Gasteiger partial charge in [-0.15, -0.1) is 5.10 Å². The highest BCUT2D eigenvalue weighted by molar-refractivity contribution is 5.36. The van der Waals surface area contributed by atoms with Gasteiger partial charge in [-0.3, -0.25) is 0 Å². The maximum absolute atomic E-state index is 5.98. The van der Waals surface area contributed by atoms with Gasteiger partial charge in [0.15, 0.2) is 5.82 Å². The minimum absolute atomic E-state index is 0.140. The lowest BCUT2D eigenvalue weighted by Crippen LogP contribution is -2.36. The standard InChI is InChI=1S/C14H26N4/c1-11(2)10-12-6-7-13(17-16-12)18(5)9-8-14(3,4)15/h6-7,11H,8-10,15H2,1-5H3. The molecule has 0 aromatic carbocycles. The van der Waals surface area contributed by atoms with E-state index in [0.717, 1.165) is 30.9 Å². The molecule has 4 heteroatoms.